The maximum atomic E-state index is 12.1. The van der Waals surface area contributed by atoms with E-state index in [1.165, 1.54) is 0 Å². The van der Waals surface area contributed by atoms with Crippen molar-refractivity contribution < 1.29 is 4.74 Å². The normalized spacial score (nSPS) is 15.9. The molecule has 0 bridgehead atoms. The van der Waals surface area contributed by atoms with Gasteiger partial charge in [0.1, 0.15) is 0 Å². The summed E-state index contributed by atoms with van der Waals surface area (Å²) in [5.74, 6) is 0. The van der Waals surface area contributed by atoms with Gasteiger partial charge in [-0.1, -0.05) is 6.92 Å². The molecule has 1 saturated heterocycles. The molecule has 1 N–H and O–H groups in total. The van der Waals surface area contributed by atoms with Crippen molar-refractivity contribution in [3.8, 4) is 0 Å². The lowest BCUT2D eigenvalue weighted by atomic mass is 10.1. The second kappa shape index (κ2) is 5.05. The first kappa shape index (κ1) is 12.2. The molecule has 4 heteroatoms. The third-order valence-electron chi connectivity index (χ3n) is 3.63. The molecule has 100 valence electrons. The Kier molecular flexibility index (Phi) is 3.25. The van der Waals surface area contributed by atoms with Crippen LogP contribution in [0, 0.1) is 0 Å². The van der Waals surface area contributed by atoms with Crippen LogP contribution in [0.2, 0.25) is 0 Å². The number of morpholine rings is 1. The third kappa shape index (κ3) is 2.36. The van der Waals surface area contributed by atoms with Crippen LogP contribution in [0.3, 0.4) is 0 Å². The minimum atomic E-state index is 0.0979. The molecule has 0 spiro atoms. The fourth-order valence-corrected chi connectivity index (χ4v) is 2.50. The summed E-state index contributed by atoms with van der Waals surface area (Å²) >= 11 is 0. The van der Waals surface area contributed by atoms with E-state index in [2.05, 4.69) is 16.0 Å². The molecule has 1 aliphatic rings. The van der Waals surface area contributed by atoms with Crippen LogP contribution in [-0.4, -0.2) is 31.3 Å². The first-order valence-electron chi connectivity index (χ1n) is 6.76. The van der Waals surface area contributed by atoms with Crippen molar-refractivity contribution in [2.75, 3.05) is 31.2 Å². The zero-order chi connectivity index (χ0) is 13.2. The Balaban J connectivity index is 2.05. The van der Waals surface area contributed by atoms with Gasteiger partial charge in [0.15, 0.2) is 5.43 Å². The van der Waals surface area contributed by atoms with Crippen LogP contribution in [0.1, 0.15) is 12.6 Å². The topological polar surface area (TPSA) is 45.3 Å². The van der Waals surface area contributed by atoms with E-state index in [9.17, 15) is 4.79 Å². The van der Waals surface area contributed by atoms with Crippen molar-refractivity contribution in [3.63, 3.8) is 0 Å². The Morgan fingerprint density at radius 2 is 2.05 bits per heavy atom. The number of ether oxygens (including phenoxy) is 1. The second-order valence-electron chi connectivity index (χ2n) is 4.84. The van der Waals surface area contributed by atoms with Gasteiger partial charge < -0.3 is 14.6 Å². The molecule has 0 atom stereocenters. The summed E-state index contributed by atoms with van der Waals surface area (Å²) < 4.78 is 5.35. The van der Waals surface area contributed by atoms with Crippen LogP contribution in [0.5, 0.6) is 0 Å². The average Bonchev–Trinajstić information content (AvgIpc) is 2.47. The van der Waals surface area contributed by atoms with Gasteiger partial charge in [0.2, 0.25) is 0 Å². The third-order valence-corrected chi connectivity index (χ3v) is 3.63. The number of nitrogens with one attached hydrogen (secondary N) is 1. The number of benzene rings is 1. The fraction of sp³-hybridized carbons (Fsp3) is 0.400. The Morgan fingerprint density at radius 3 is 2.79 bits per heavy atom. The molecule has 2 heterocycles. The Morgan fingerprint density at radius 1 is 1.26 bits per heavy atom. The predicted molar refractivity (Wildman–Crippen MR) is 77.0 cm³/mol. The molecule has 0 saturated carbocycles. The molecule has 0 amide bonds. The molecular weight excluding hydrogens is 240 g/mol. The molecule has 1 aromatic heterocycles. The van der Waals surface area contributed by atoms with Crippen molar-refractivity contribution >= 4 is 16.6 Å². The summed E-state index contributed by atoms with van der Waals surface area (Å²) in [6.07, 6.45) is 0.844. The number of hydrogen-bond donors (Lipinski definition) is 1. The van der Waals surface area contributed by atoms with E-state index in [0.717, 1.165) is 55.0 Å². The highest BCUT2D eigenvalue weighted by molar-refractivity contribution is 5.82. The van der Waals surface area contributed by atoms with Crippen LogP contribution < -0.4 is 10.3 Å². The highest BCUT2D eigenvalue weighted by Crippen LogP contribution is 2.20. The fourth-order valence-electron chi connectivity index (χ4n) is 2.50. The van der Waals surface area contributed by atoms with Crippen molar-refractivity contribution in [2.24, 2.45) is 0 Å². The monoisotopic (exact) mass is 258 g/mol. The number of aryl methyl sites for hydroxylation is 1. The highest BCUT2D eigenvalue weighted by Gasteiger charge is 2.12. The Bertz CT molecular complexity index is 642. The van der Waals surface area contributed by atoms with Crippen LogP contribution in [0.4, 0.5) is 5.69 Å². The molecule has 19 heavy (non-hydrogen) atoms. The molecule has 1 aromatic carbocycles. The van der Waals surface area contributed by atoms with E-state index < -0.39 is 0 Å². The number of H-pyrrole nitrogens is 1. The molecule has 3 rings (SSSR count). The van der Waals surface area contributed by atoms with Gasteiger partial charge in [-0.25, -0.2) is 0 Å². The minimum Gasteiger partial charge on any atom is -0.378 e. The minimum absolute atomic E-state index is 0.0979. The van der Waals surface area contributed by atoms with Gasteiger partial charge >= 0.3 is 0 Å². The summed E-state index contributed by atoms with van der Waals surface area (Å²) in [5.41, 5.74) is 3.10. The maximum Gasteiger partial charge on any atom is 0.189 e. The van der Waals surface area contributed by atoms with Gasteiger partial charge in [-0.3, -0.25) is 4.79 Å². The van der Waals surface area contributed by atoms with Crippen molar-refractivity contribution in [3.05, 3.63) is 40.2 Å². The van der Waals surface area contributed by atoms with Crippen molar-refractivity contribution in [1.82, 2.24) is 4.98 Å². The summed E-state index contributed by atoms with van der Waals surface area (Å²) in [6.45, 7) is 5.32. The molecule has 1 aliphatic heterocycles. The average molecular weight is 258 g/mol. The Labute approximate surface area is 112 Å². The first-order chi connectivity index (χ1) is 9.28. The van der Waals surface area contributed by atoms with E-state index in [1.807, 2.05) is 19.1 Å². The van der Waals surface area contributed by atoms with Crippen LogP contribution in [0.15, 0.2) is 29.1 Å². The number of nitrogens with zero attached hydrogens (tertiary/aromatic N) is 1. The molecule has 0 unspecified atom stereocenters. The van der Waals surface area contributed by atoms with Gasteiger partial charge in [0.25, 0.3) is 0 Å². The smallest absolute Gasteiger partial charge is 0.189 e. The Hall–Kier alpha value is -1.81. The molecular formula is C15H18N2O2. The predicted octanol–water partition coefficient (Wildman–Crippen LogP) is 1.93. The van der Waals surface area contributed by atoms with Gasteiger partial charge in [-0.15, -0.1) is 0 Å². The van der Waals surface area contributed by atoms with Gasteiger partial charge in [0.05, 0.1) is 13.2 Å². The van der Waals surface area contributed by atoms with Crippen LogP contribution in [-0.2, 0) is 11.2 Å². The summed E-state index contributed by atoms with van der Waals surface area (Å²) in [4.78, 5) is 17.7. The van der Waals surface area contributed by atoms with Crippen LogP contribution >= 0.6 is 0 Å². The van der Waals surface area contributed by atoms with Crippen molar-refractivity contribution in [1.29, 1.82) is 0 Å². The number of aromatic nitrogens is 1. The zero-order valence-electron chi connectivity index (χ0n) is 11.1. The van der Waals surface area contributed by atoms with Gasteiger partial charge in [-0.05, 0) is 24.6 Å². The van der Waals surface area contributed by atoms with E-state index in [1.54, 1.807) is 6.07 Å². The molecule has 1 fully saturated rings. The number of rotatable bonds is 2. The number of aromatic amines is 1. The number of fused-ring (bicyclic) bond motifs is 1. The SMILES string of the molecule is CCc1cc(=O)c2cc(N3CCOCC3)ccc2[nH]1. The standard InChI is InChI=1S/C15H18N2O2/c1-2-11-9-15(18)13-10-12(3-4-14(13)16-11)17-5-7-19-8-6-17/h3-4,9-10H,2,5-8H2,1H3,(H,16,18). The molecule has 0 aliphatic carbocycles. The largest absolute Gasteiger partial charge is 0.378 e. The van der Waals surface area contributed by atoms with Crippen molar-refractivity contribution in [2.45, 2.75) is 13.3 Å². The molecule has 4 nitrogen and oxygen atoms in total. The maximum absolute atomic E-state index is 12.1. The first-order valence-corrected chi connectivity index (χ1v) is 6.76. The lowest BCUT2D eigenvalue weighted by Crippen LogP contribution is -2.36. The highest BCUT2D eigenvalue weighted by atomic mass is 16.5. The summed E-state index contributed by atoms with van der Waals surface area (Å²) in [7, 11) is 0. The number of pyridine rings is 1. The zero-order valence-corrected chi connectivity index (χ0v) is 11.1. The van der Waals surface area contributed by atoms with E-state index in [0.29, 0.717) is 0 Å². The van der Waals surface area contributed by atoms with Crippen LogP contribution in [0.25, 0.3) is 10.9 Å². The lowest BCUT2D eigenvalue weighted by molar-refractivity contribution is 0.122. The lowest BCUT2D eigenvalue weighted by Gasteiger charge is -2.29. The molecule has 2 aromatic rings. The number of anilines is 1. The quantitative estimate of drug-likeness (QED) is 0.895. The van der Waals surface area contributed by atoms with E-state index in [-0.39, 0.29) is 5.43 Å². The second-order valence-corrected chi connectivity index (χ2v) is 4.84. The number of hydrogen-bond acceptors (Lipinski definition) is 3. The summed E-state index contributed by atoms with van der Waals surface area (Å²) in [6, 6.07) is 7.76. The van der Waals surface area contributed by atoms with E-state index in [4.69, 9.17) is 4.74 Å². The van der Waals surface area contributed by atoms with Gasteiger partial charge in [0, 0.05) is 41.4 Å². The van der Waals surface area contributed by atoms with Gasteiger partial charge in [-0.2, -0.15) is 0 Å². The molecule has 0 radical (unpaired) electrons. The van der Waals surface area contributed by atoms with E-state index >= 15 is 0 Å². The summed E-state index contributed by atoms with van der Waals surface area (Å²) in [5, 5.41) is 0.765.